The number of aromatic nitrogens is 1. The lowest BCUT2D eigenvalue weighted by molar-refractivity contribution is 0.256. The Kier molecular flexibility index (Phi) is 7.01. The van der Waals surface area contributed by atoms with E-state index in [1.54, 1.807) is 6.07 Å². The van der Waals surface area contributed by atoms with E-state index in [1.807, 2.05) is 25.1 Å². The second kappa shape index (κ2) is 10.5. The van der Waals surface area contributed by atoms with Gasteiger partial charge in [0.2, 0.25) is 0 Å². The van der Waals surface area contributed by atoms with Gasteiger partial charge in [-0.25, -0.2) is 13.6 Å². The number of benzene rings is 3. The lowest BCUT2D eigenvalue weighted by Gasteiger charge is -2.36. The third-order valence-electron chi connectivity index (χ3n) is 6.77. The highest BCUT2D eigenvalue weighted by Crippen LogP contribution is 2.29. The molecular formula is C29H29F2N5O. The van der Waals surface area contributed by atoms with E-state index in [0.717, 1.165) is 79.0 Å². The maximum atomic E-state index is 13.8. The summed E-state index contributed by atoms with van der Waals surface area (Å²) in [6.07, 6.45) is 0.773. The highest BCUT2D eigenvalue weighted by molar-refractivity contribution is 5.98. The molecule has 2 heterocycles. The summed E-state index contributed by atoms with van der Waals surface area (Å²) in [5.41, 5.74) is 10.4. The zero-order valence-electron chi connectivity index (χ0n) is 20.7. The fourth-order valence-electron chi connectivity index (χ4n) is 4.94. The summed E-state index contributed by atoms with van der Waals surface area (Å²) in [6, 6.07) is 20.0. The second-order valence-corrected chi connectivity index (χ2v) is 9.35. The van der Waals surface area contributed by atoms with Crippen molar-refractivity contribution < 1.29 is 13.6 Å². The molecule has 2 amide bonds. The SMILES string of the molecule is Cc1ccc2c(N3CCN(CCc4cccc(N(C(N)=O)c5cc(F)cc(F)c5)c4)CC3)cccc2n1. The van der Waals surface area contributed by atoms with Gasteiger partial charge in [0.1, 0.15) is 11.6 Å². The van der Waals surface area contributed by atoms with E-state index in [-0.39, 0.29) is 5.69 Å². The van der Waals surface area contributed by atoms with E-state index >= 15 is 0 Å². The summed E-state index contributed by atoms with van der Waals surface area (Å²) < 4.78 is 27.5. The van der Waals surface area contributed by atoms with Crippen LogP contribution in [0.5, 0.6) is 0 Å². The number of piperazine rings is 1. The van der Waals surface area contributed by atoms with E-state index in [1.165, 1.54) is 11.1 Å². The van der Waals surface area contributed by atoms with Crippen molar-refractivity contribution in [3.63, 3.8) is 0 Å². The normalized spacial score (nSPS) is 14.2. The zero-order chi connectivity index (χ0) is 25.9. The predicted molar refractivity (Wildman–Crippen MR) is 143 cm³/mol. The van der Waals surface area contributed by atoms with Crippen LogP contribution < -0.4 is 15.5 Å². The number of rotatable bonds is 6. The Morgan fingerprint density at radius 3 is 2.38 bits per heavy atom. The fraction of sp³-hybridized carbons (Fsp3) is 0.241. The minimum absolute atomic E-state index is 0.0528. The average Bonchev–Trinajstić information content (AvgIpc) is 2.87. The Bertz CT molecular complexity index is 1420. The predicted octanol–water partition coefficient (Wildman–Crippen LogP) is 5.40. The molecule has 1 saturated heterocycles. The number of nitrogens with zero attached hydrogens (tertiary/aromatic N) is 4. The maximum Gasteiger partial charge on any atom is 0.323 e. The Morgan fingerprint density at radius 2 is 1.65 bits per heavy atom. The lowest BCUT2D eigenvalue weighted by atomic mass is 10.1. The molecule has 37 heavy (non-hydrogen) atoms. The number of hydrogen-bond donors (Lipinski definition) is 1. The standard InChI is InChI=1S/C29H29F2N5O/c1-20-8-9-26-27(33-20)6-3-7-28(26)35-14-12-34(13-15-35)11-10-21-4-2-5-24(16-21)36(29(32)37)25-18-22(30)17-23(31)19-25/h2-9,16-19H,10-15H2,1H3,(H2,32,37). The molecule has 0 atom stereocenters. The molecule has 0 bridgehead atoms. The van der Waals surface area contributed by atoms with Crippen LogP contribution >= 0.6 is 0 Å². The van der Waals surface area contributed by atoms with Crippen LogP contribution in [0, 0.1) is 18.6 Å². The summed E-state index contributed by atoms with van der Waals surface area (Å²) in [6.45, 7) is 6.59. The Balaban J connectivity index is 1.23. The van der Waals surface area contributed by atoms with Gasteiger partial charge in [-0.05, 0) is 67.4 Å². The molecule has 0 unspecified atom stereocenters. The van der Waals surface area contributed by atoms with E-state index in [2.05, 4.69) is 45.1 Å². The van der Waals surface area contributed by atoms with Gasteiger partial charge in [-0.1, -0.05) is 18.2 Å². The highest BCUT2D eigenvalue weighted by atomic mass is 19.1. The topological polar surface area (TPSA) is 65.7 Å². The number of amides is 2. The number of hydrogen-bond acceptors (Lipinski definition) is 4. The number of pyridine rings is 1. The van der Waals surface area contributed by atoms with Crippen LogP contribution in [0.2, 0.25) is 0 Å². The molecule has 0 saturated carbocycles. The Labute approximate surface area is 214 Å². The Morgan fingerprint density at radius 1 is 0.919 bits per heavy atom. The summed E-state index contributed by atoms with van der Waals surface area (Å²) >= 11 is 0. The molecule has 190 valence electrons. The first-order valence-electron chi connectivity index (χ1n) is 12.4. The molecule has 1 aromatic heterocycles. The molecule has 1 aliphatic heterocycles. The first-order chi connectivity index (χ1) is 17.9. The molecule has 3 aromatic carbocycles. The maximum absolute atomic E-state index is 13.8. The van der Waals surface area contributed by atoms with Gasteiger partial charge in [-0.2, -0.15) is 0 Å². The number of primary amides is 1. The van der Waals surface area contributed by atoms with Gasteiger partial charge in [-0.3, -0.25) is 14.8 Å². The van der Waals surface area contributed by atoms with Crippen LogP contribution in [0.4, 0.5) is 30.6 Å². The number of aryl methyl sites for hydroxylation is 1. The molecule has 8 heteroatoms. The van der Waals surface area contributed by atoms with Crippen molar-refractivity contribution >= 4 is 34.0 Å². The van der Waals surface area contributed by atoms with E-state index in [0.29, 0.717) is 5.69 Å². The highest BCUT2D eigenvalue weighted by Gasteiger charge is 2.20. The molecule has 1 fully saturated rings. The third-order valence-corrected chi connectivity index (χ3v) is 6.77. The van der Waals surface area contributed by atoms with Crippen LogP contribution in [-0.2, 0) is 6.42 Å². The van der Waals surface area contributed by atoms with Crippen LogP contribution in [0.1, 0.15) is 11.3 Å². The van der Waals surface area contributed by atoms with Crippen LogP contribution in [0.3, 0.4) is 0 Å². The van der Waals surface area contributed by atoms with Gasteiger partial charge in [0, 0.05) is 55.6 Å². The third kappa shape index (κ3) is 5.54. The molecule has 2 N–H and O–H groups in total. The number of halogens is 2. The van der Waals surface area contributed by atoms with Crippen LogP contribution in [0.25, 0.3) is 10.9 Å². The minimum atomic E-state index is -0.808. The first kappa shape index (κ1) is 24.6. The molecular weight excluding hydrogens is 472 g/mol. The minimum Gasteiger partial charge on any atom is -0.368 e. The monoisotopic (exact) mass is 501 g/mol. The van der Waals surface area contributed by atoms with E-state index < -0.39 is 17.7 Å². The van der Waals surface area contributed by atoms with Crippen molar-refractivity contribution in [3.8, 4) is 0 Å². The molecule has 5 rings (SSSR count). The van der Waals surface area contributed by atoms with Crippen molar-refractivity contribution in [2.75, 3.05) is 42.5 Å². The van der Waals surface area contributed by atoms with E-state index in [4.69, 9.17) is 5.73 Å². The molecule has 4 aromatic rings. The summed E-state index contributed by atoms with van der Waals surface area (Å²) in [5, 5.41) is 1.18. The van der Waals surface area contributed by atoms with Gasteiger partial charge >= 0.3 is 6.03 Å². The van der Waals surface area contributed by atoms with Gasteiger partial charge in [0.15, 0.2) is 0 Å². The van der Waals surface area contributed by atoms with Crippen molar-refractivity contribution in [2.24, 2.45) is 5.73 Å². The van der Waals surface area contributed by atoms with Gasteiger partial charge in [0.25, 0.3) is 0 Å². The summed E-state index contributed by atoms with van der Waals surface area (Å²) in [4.78, 5) is 22.8. The van der Waals surface area contributed by atoms with Crippen molar-refractivity contribution in [1.29, 1.82) is 0 Å². The number of carbonyl (C=O) groups is 1. The van der Waals surface area contributed by atoms with Crippen LogP contribution in [0.15, 0.2) is 72.8 Å². The Hall–Kier alpha value is -4.04. The quantitative estimate of drug-likeness (QED) is 0.384. The first-order valence-corrected chi connectivity index (χ1v) is 12.4. The van der Waals surface area contributed by atoms with Gasteiger partial charge in [-0.15, -0.1) is 0 Å². The number of urea groups is 1. The fourth-order valence-corrected chi connectivity index (χ4v) is 4.94. The van der Waals surface area contributed by atoms with Gasteiger partial charge < -0.3 is 10.6 Å². The molecule has 1 aliphatic rings. The van der Waals surface area contributed by atoms with E-state index in [9.17, 15) is 13.6 Å². The number of fused-ring (bicyclic) bond motifs is 1. The summed E-state index contributed by atoms with van der Waals surface area (Å²) in [7, 11) is 0. The van der Waals surface area contributed by atoms with Crippen LogP contribution in [-0.4, -0.2) is 48.6 Å². The molecule has 6 nitrogen and oxygen atoms in total. The van der Waals surface area contributed by atoms with Crippen molar-refractivity contribution in [2.45, 2.75) is 13.3 Å². The number of nitrogens with two attached hydrogens (primary N) is 1. The van der Waals surface area contributed by atoms with Crippen molar-refractivity contribution in [1.82, 2.24) is 9.88 Å². The molecule has 0 radical (unpaired) electrons. The number of anilines is 3. The molecule has 0 aliphatic carbocycles. The van der Waals surface area contributed by atoms with Gasteiger partial charge in [0.05, 0.1) is 16.9 Å². The number of carbonyl (C=O) groups excluding carboxylic acids is 1. The second-order valence-electron chi connectivity index (χ2n) is 9.35. The molecule has 0 spiro atoms. The largest absolute Gasteiger partial charge is 0.368 e. The average molecular weight is 502 g/mol. The van der Waals surface area contributed by atoms with Crippen molar-refractivity contribution in [3.05, 3.63) is 95.7 Å². The smallest absolute Gasteiger partial charge is 0.323 e. The zero-order valence-corrected chi connectivity index (χ0v) is 20.7. The summed E-state index contributed by atoms with van der Waals surface area (Å²) in [5.74, 6) is -1.54. The lowest BCUT2D eigenvalue weighted by Crippen LogP contribution is -2.47.